The highest BCUT2D eigenvalue weighted by molar-refractivity contribution is 5.86. The number of fused-ring (bicyclic) bond motifs is 1. The largest absolute Gasteiger partial charge is 0.465 e. The highest BCUT2D eigenvalue weighted by atomic mass is 16.6. The van der Waals surface area contributed by atoms with E-state index in [0.717, 1.165) is 44.4 Å². The van der Waals surface area contributed by atoms with Crippen LogP contribution in [0.15, 0.2) is 146 Å². The molecule has 0 radical (unpaired) electrons. The molecule has 6 aromatic rings. The molecule has 0 saturated carbocycles. The molecule has 9 heteroatoms. The average molecular weight is 755 g/mol. The predicted molar refractivity (Wildman–Crippen MR) is 215 cm³/mol. The first-order chi connectivity index (χ1) is 27.6. The lowest BCUT2D eigenvalue weighted by atomic mass is 9.89. The molecule has 6 atom stereocenters. The molecule has 5 aromatic carbocycles. The number of carbonyl (C=O) groups excluding carboxylic acids is 1. The monoisotopic (exact) mass is 754 g/mol. The van der Waals surface area contributed by atoms with E-state index in [0.29, 0.717) is 26.4 Å². The number of hydrogen-bond donors (Lipinski definition) is 2. The summed E-state index contributed by atoms with van der Waals surface area (Å²) < 4.78 is 39.8. The number of rotatable bonds is 18. The molecular formula is C47H50N2O7. The molecule has 0 bridgehead atoms. The van der Waals surface area contributed by atoms with Crippen LogP contribution in [0.4, 0.5) is 0 Å². The van der Waals surface area contributed by atoms with Gasteiger partial charge in [-0.25, -0.2) is 0 Å². The van der Waals surface area contributed by atoms with Crippen LogP contribution in [0.2, 0.25) is 0 Å². The van der Waals surface area contributed by atoms with E-state index in [4.69, 9.17) is 34.2 Å². The van der Waals surface area contributed by atoms with E-state index in [1.165, 1.54) is 0 Å². The van der Waals surface area contributed by atoms with Gasteiger partial charge in [0.15, 0.2) is 0 Å². The summed E-state index contributed by atoms with van der Waals surface area (Å²) in [5.74, 6) is -0.462. The van der Waals surface area contributed by atoms with Crippen molar-refractivity contribution in [1.29, 1.82) is 0 Å². The Morgan fingerprint density at radius 3 is 1.68 bits per heavy atom. The van der Waals surface area contributed by atoms with E-state index in [-0.39, 0.29) is 19.6 Å². The van der Waals surface area contributed by atoms with E-state index in [2.05, 4.69) is 4.98 Å². The number of para-hydroxylation sites is 1. The molecule has 0 aliphatic carbocycles. The second-order valence-corrected chi connectivity index (χ2v) is 14.0. The maximum Gasteiger partial charge on any atom is 0.323 e. The third-order valence-electron chi connectivity index (χ3n) is 10.0. The van der Waals surface area contributed by atoms with Crippen LogP contribution in [0, 0.1) is 0 Å². The van der Waals surface area contributed by atoms with Crippen LogP contribution in [-0.2, 0) is 66.1 Å². The molecule has 1 fully saturated rings. The fourth-order valence-corrected chi connectivity index (χ4v) is 7.26. The van der Waals surface area contributed by atoms with Crippen LogP contribution in [-0.4, -0.2) is 54.6 Å². The number of nitrogens with one attached hydrogen (secondary N) is 1. The van der Waals surface area contributed by atoms with Gasteiger partial charge in [-0.05, 0) is 40.8 Å². The molecule has 7 rings (SSSR count). The summed E-state index contributed by atoms with van der Waals surface area (Å²) in [4.78, 5) is 16.6. The Morgan fingerprint density at radius 1 is 0.643 bits per heavy atom. The fraction of sp³-hybridized carbons (Fsp3) is 0.298. The Morgan fingerprint density at radius 2 is 1.12 bits per heavy atom. The van der Waals surface area contributed by atoms with Gasteiger partial charge in [-0.1, -0.05) is 140 Å². The maximum atomic E-state index is 12.9. The third-order valence-corrected chi connectivity index (χ3v) is 10.0. The summed E-state index contributed by atoms with van der Waals surface area (Å²) in [5.41, 5.74) is 13.1. The Kier molecular flexibility index (Phi) is 13.7. The first-order valence-corrected chi connectivity index (χ1v) is 19.3. The predicted octanol–water partition coefficient (Wildman–Crippen LogP) is 8.01. The topological polar surface area (TPSA) is 114 Å². The van der Waals surface area contributed by atoms with Gasteiger partial charge < -0.3 is 39.1 Å². The Hall–Kier alpha value is -5.13. The minimum absolute atomic E-state index is 0.222. The molecular weight excluding hydrogens is 705 g/mol. The zero-order chi connectivity index (χ0) is 38.5. The van der Waals surface area contributed by atoms with Gasteiger partial charge in [0.25, 0.3) is 0 Å². The van der Waals surface area contributed by atoms with Gasteiger partial charge in [-0.15, -0.1) is 0 Å². The molecule has 1 aliphatic rings. The first kappa shape index (κ1) is 39.1. The van der Waals surface area contributed by atoms with Crippen LogP contribution in [0.1, 0.15) is 46.5 Å². The number of hydrogen-bond acceptors (Lipinski definition) is 8. The van der Waals surface area contributed by atoms with Gasteiger partial charge in [-0.2, -0.15) is 0 Å². The number of esters is 1. The Balaban J connectivity index is 1.31. The third kappa shape index (κ3) is 9.99. The lowest BCUT2D eigenvalue weighted by Crippen LogP contribution is -2.58. The van der Waals surface area contributed by atoms with Crippen molar-refractivity contribution < 1.29 is 33.2 Å². The summed E-state index contributed by atoms with van der Waals surface area (Å²) >= 11 is 0. The van der Waals surface area contributed by atoms with Crippen LogP contribution < -0.4 is 5.73 Å². The summed E-state index contributed by atoms with van der Waals surface area (Å²) in [7, 11) is 0. The molecule has 290 valence electrons. The molecule has 1 aromatic heterocycles. The Bertz CT molecular complexity index is 2080. The second kappa shape index (κ2) is 19.6. The molecule has 56 heavy (non-hydrogen) atoms. The van der Waals surface area contributed by atoms with Gasteiger partial charge in [0.1, 0.15) is 36.6 Å². The van der Waals surface area contributed by atoms with E-state index < -0.39 is 42.5 Å². The summed E-state index contributed by atoms with van der Waals surface area (Å²) in [5, 5.41) is 0.939. The first-order valence-electron chi connectivity index (χ1n) is 19.3. The van der Waals surface area contributed by atoms with Gasteiger partial charge in [0.2, 0.25) is 0 Å². The minimum atomic E-state index is -0.891. The summed E-state index contributed by atoms with van der Waals surface area (Å²) in [6.45, 7) is 3.58. The lowest BCUT2D eigenvalue weighted by molar-refractivity contribution is -0.275. The van der Waals surface area contributed by atoms with Crippen LogP contribution in [0.5, 0.6) is 0 Å². The molecule has 0 spiro atoms. The van der Waals surface area contributed by atoms with E-state index in [1.54, 1.807) is 6.92 Å². The van der Waals surface area contributed by atoms with Gasteiger partial charge in [0.05, 0.1) is 45.3 Å². The standard InChI is InChI=1S/C47H50N2O7/c1-2-52-47(50)39(48)27-38-37-25-15-16-26-40(37)49-42(38)44-46(55-31-36-23-13-6-14-24-36)45(54-30-35-21-11-5-12-22-35)43(53-29-34-19-9-4-10-20-34)41(56-44)32-51-28-33-17-7-3-8-18-33/h3-26,39,41,43-46,49H,2,27-32,48H2,1H3/t39?,41-,43-,44-,45+,46-/m1/s1. The number of nitrogens with two attached hydrogens (primary N) is 1. The van der Waals surface area contributed by atoms with Crippen molar-refractivity contribution >= 4 is 16.9 Å². The quantitative estimate of drug-likeness (QED) is 0.0849. The Labute approximate surface area is 328 Å². The van der Waals surface area contributed by atoms with Gasteiger partial charge in [-0.3, -0.25) is 4.79 Å². The minimum Gasteiger partial charge on any atom is -0.465 e. The molecule has 3 N–H and O–H groups in total. The van der Waals surface area contributed by atoms with Crippen LogP contribution in [0.3, 0.4) is 0 Å². The van der Waals surface area contributed by atoms with Crippen LogP contribution in [0.25, 0.3) is 10.9 Å². The van der Waals surface area contributed by atoms with Crippen molar-refractivity contribution in [2.75, 3.05) is 13.2 Å². The zero-order valence-electron chi connectivity index (χ0n) is 31.7. The van der Waals surface area contributed by atoms with Crippen molar-refractivity contribution in [3.63, 3.8) is 0 Å². The molecule has 9 nitrogen and oxygen atoms in total. The molecule has 1 saturated heterocycles. The highest BCUT2D eigenvalue weighted by Gasteiger charge is 2.50. The summed E-state index contributed by atoms with van der Waals surface area (Å²) in [6, 6.07) is 47.4. The van der Waals surface area contributed by atoms with Crippen molar-refractivity contribution in [2.45, 2.75) is 76.3 Å². The molecule has 1 aliphatic heterocycles. The highest BCUT2D eigenvalue weighted by Crippen LogP contribution is 2.41. The molecule has 1 unspecified atom stereocenters. The number of aromatic nitrogens is 1. The van der Waals surface area contributed by atoms with Crippen molar-refractivity contribution in [3.8, 4) is 0 Å². The normalized spacial score (nSPS) is 20.1. The van der Waals surface area contributed by atoms with Gasteiger partial charge in [0, 0.05) is 17.3 Å². The van der Waals surface area contributed by atoms with Crippen LogP contribution >= 0.6 is 0 Å². The van der Waals surface area contributed by atoms with E-state index in [1.807, 2.05) is 146 Å². The molecule has 2 heterocycles. The second-order valence-electron chi connectivity index (χ2n) is 14.0. The number of carbonyl (C=O) groups is 1. The average Bonchev–Trinajstić information content (AvgIpc) is 3.61. The fourth-order valence-electron chi connectivity index (χ4n) is 7.26. The lowest BCUT2D eigenvalue weighted by Gasteiger charge is -2.46. The number of benzene rings is 5. The van der Waals surface area contributed by atoms with E-state index >= 15 is 0 Å². The maximum absolute atomic E-state index is 12.9. The number of ether oxygens (including phenoxy) is 6. The number of H-pyrrole nitrogens is 1. The smallest absolute Gasteiger partial charge is 0.323 e. The number of aromatic amines is 1. The summed E-state index contributed by atoms with van der Waals surface area (Å²) in [6.07, 6.45) is -2.94. The van der Waals surface area contributed by atoms with Crippen molar-refractivity contribution in [3.05, 3.63) is 179 Å². The zero-order valence-corrected chi connectivity index (χ0v) is 31.7. The van der Waals surface area contributed by atoms with Gasteiger partial charge >= 0.3 is 5.97 Å². The molecule has 0 amide bonds. The van der Waals surface area contributed by atoms with Crippen molar-refractivity contribution in [2.24, 2.45) is 5.73 Å². The van der Waals surface area contributed by atoms with E-state index in [9.17, 15) is 4.79 Å². The van der Waals surface area contributed by atoms with Crippen molar-refractivity contribution in [1.82, 2.24) is 4.98 Å². The SMILES string of the molecule is CCOC(=O)C(N)Cc1c([C@H]2O[C@H](COCc3ccccc3)[C@@H](OCc3ccccc3)[C@H](OCc3ccccc3)[C@@H]2OCc2ccccc2)[nH]c2ccccc12.